The van der Waals surface area contributed by atoms with Gasteiger partial charge in [0.1, 0.15) is 0 Å². The smallest absolute Gasteiger partial charge is 0.273 e. The first-order valence-electron chi connectivity index (χ1n) is 7.33. The normalized spacial score (nSPS) is 10.6. The van der Waals surface area contributed by atoms with Crippen LogP contribution < -0.4 is 10.2 Å². The van der Waals surface area contributed by atoms with E-state index in [0.29, 0.717) is 23.2 Å². The fourth-order valence-corrected chi connectivity index (χ4v) is 2.09. The highest BCUT2D eigenvalue weighted by atomic mass is 16.5. The van der Waals surface area contributed by atoms with Crippen LogP contribution in [0.1, 0.15) is 21.9 Å². The third-order valence-corrected chi connectivity index (χ3v) is 3.23. The summed E-state index contributed by atoms with van der Waals surface area (Å²) < 4.78 is 10.3. The first-order valence-corrected chi connectivity index (χ1v) is 7.33. The Hall–Kier alpha value is -3.16. The Balaban J connectivity index is 1.68. The number of hydrogen-bond acceptors (Lipinski definition) is 7. The Bertz CT molecular complexity index is 839. The largest absolute Gasteiger partial charge is 0.461 e. The molecule has 1 amide bonds. The van der Waals surface area contributed by atoms with Gasteiger partial charge in [-0.25, -0.2) is 9.97 Å². The summed E-state index contributed by atoms with van der Waals surface area (Å²) in [6.07, 6.45) is 1.53. The number of amides is 1. The lowest BCUT2D eigenvalue weighted by molar-refractivity contribution is 0.0941. The van der Waals surface area contributed by atoms with E-state index in [1.165, 1.54) is 12.3 Å². The molecule has 0 aliphatic carbocycles. The molecule has 8 heteroatoms. The Morgan fingerprint density at radius 1 is 1.25 bits per heavy atom. The van der Waals surface area contributed by atoms with Gasteiger partial charge in [0.15, 0.2) is 11.5 Å². The maximum absolute atomic E-state index is 12.2. The minimum Gasteiger partial charge on any atom is -0.461 e. The SMILES string of the molecule is Cc1cc(CNC(=O)c2cc(-c3ccco3)on2)nc(N(C)C)n1. The first-order chi connectivity index (χ1) is 11.5. The van der Waals surface area contributed by atoms with E-state index in [9.17, 15) is 4.79 Å². The topological polar surface area (TPSA) is 97.3 Å². The molecule has 0 fully saturated rings. The number of hydrogen-bond donors (Lipinski definition) is 1. The molecule has 0 aliphatic heterocycles. The van der Waals surface area contributed by atoms with E-state index < -0.39 is 0 Å². The zero-order valence-corrected chi connectivity index (χ0v) is 13.6. The van der Waals surface area contributed by atoms with E-state index in [-0.39, 0.29) is 18.1 Å². The van der Waals surface area contributed by atoms with Crippen LogP contribution in [0.25, 0.3) is 11.5 Å². The van der Waals surface area contributed by atoms with Gasteiger partial charge in [0.25, 0.3) is 5.91 Å². The zero-order chi connectivity index (χ0) is 17.1. The highest BCUT2D eigenvalue weighted by molar-refractivity contribution is 5.92. The monoisotopic (exact) mass is 327 g/mol. The van der Waals surface area contributed by atoms with Crippen LogP contribution in [-0.4, -0.2) is 35.1 Å². The van der Waals surface area contributed by atoms with Gasteiger partial charge in [0.2, 0.25) is 11.7 Å². The van der Waals surface area contributed by atoms with Crippen LogP contribution in [0, 0.1) is 6.92 Å². The molecule has 0 radical (unpaired) electrons. The van der Waals surface area contributed by atoms with Crippen molar-refractivity contribution in [2.75, 3.05) is 19.0 Å². The van der Waals surface area contributed by atoms with Crippen molar-refractivity contribution in [1.82, 2.24) is 20.4 Å². The summed E-state index contributed by atoms with van der Waals surface area (Å²) in [5.41, 5.74) is 1.73. The average Bonchev–Trinajstić information content (AvgIpc) is 3.22. The number of nitrogens with one attached hydrogen (secondary N) is 1. The number of nitrogens with zero attached hydrogens (tertiary/aromatic N) is 4. The predicted octanol–water partition coefficient (Wildman–Crippen LogP) is 2.03. The lowest BCUT2D eigenvalue weighted by Crippen LogP contribution is -2.24. The van der Waals surface area contributed by atoms with Crippen LogP contribution in [-0.2, 0) is 6.54 Å². The highest BCUT2D eigenvalue weighted by Crippen LogP contribution is 2.20. The van der Waals surface area contributed by atoms with E-state index >= 15 is 0 Å². The van der Waals surface area contributed by atoms with Crippen molar-refractivity contribution in [3.8, 4) is 11.5 Å². The van der Waals surface area contributed by atoms with Gasteiger partial charge in [0.05, 0.1) is 18.5 Å². The fourth-order valence-electron chi connectivity index (χ4n) is 2.09. The molecule has 0 bridgehead atoms. The number of rotatable bonds is 5. The summed E-state index contributed by atoms with van der Waals surface area (Å²) in [5, 5.41) is 6.53. The summed E-state index contributed by atoms with van der Waals surface area (Å²) in [6.45, 7) is 2.15. The number of aromatic nitrogens is 3. The molecule has 3 heterocycles. The maximum Gasteiger partial charge on any atom is 0.273 e. The molecule has 0 saturated carbocycles. The molecule has 3 rings (SSSR count). The molecule has 0 aromatic carbocycles. The molecule has 24 heavy (non-hydrogen) atoms. The lowest BCUT2D eigenvalue weighted by atomic mass is 10.3. The van der Waals surface area contributed by atoms with Crippen molar-refractivity contribution >= 4 is 11.9 Å². The summed E-state index contributed by atoms with van der Waals surface area (Å²) in [6, 6.07) is 6.82. The van der Waals surface area contributed by atoms with Crippen LogP contribution in [0.2, 0.25) is 0 Å². The number of aryl methyl sites for hydroxylation is 1. The third-order valence-electron chi connectivity index (χ3n) is 3.23. The quantitative estimate of drug-likeness (QED) is 0.765. The zero-order valence-electron chi connectivity index (χ0n) is 13.6. The minimum absolute atomic E-state index is 0.181. The molecule has 1 N–H and O–H groups in total. The standard InChI is InChI=1S/C16H17N5O3/c1-10-7-11(19-16(18-10)21(2)3)9-17-15(22)12-8-14(24-20-12)13-5-4-6-23-13/h4-8H,9H2,1-3H3,(H,17,22). The van der Waals surface area contributed by atoms with Gasteiger partial charge >= 0.3 is 0 Å². The van der Waals surface area contributed by atoms with E-state index in [2.05, 4.69) is 20.4 Å². The van der Waals surface area contributed by atoms with E-state index in [1.807, 2.05) is 32.0 Å². The third kappa shape index (κ3) is 3.43. The van der Waals surface area contributed by atoms with Crippen molar-refractivity contribution < 1.29 is 13.7 Å². The molecule has 3 aromatic heterocycles. The van der Waals surface area contributed by atoms with Crippen LogP contribution >= 0.6 is 0 Å². The molecule has 0 saturated heterocycles. The molecule has 0 atom stereocenters. The first kappa shape index (κ1) is 15.7. The molecule has 3 aromatic rings. The van der Waals surface area contributed by atoms with Gasteiger partial charge in [-0.1, -0.05) is 5.16 Å². The van der Waals surface area contributed by atoms with Crippen LogP contribution in [0.15, 0.2) is 39.5 Å². The Morgan fingerprint density at radius 3 is 2.79 bits per heavy atom. The van der Waals surface area contributed by atoms with E-state index in [1.54, 1.807) is 12.1 Å². The second-order valence-corrected chi connectivity index (χ2v) is 5.43. The molecular formula is C16H17N5O3. The summed E-state index contributed by atoms with van der Waals surface area (Å²) in [5.74, 6) is 1.17. The van der Waals surface area contributed by atoms with Gasteiger partial charge in [-0.15, -0.1) is 0 Å². The van der Waals surface area contributed by atoms with Crippen molar-refractivity contribution in [3.63, 3.8) is 0 Å². The molecule has 0 aliphatic rings. The Kier molecular flexibility index (Phi) is 4.28. The van der Waals surface area contributed by atoms with Gasteiger partial charge in [-0.3, -0.25) is 4.79 Å². The van der Waals surface area contributed by atoms with Crippen LogP contribution in [0.3, 0.4) is 0 Å². The van der Waals surface area contributed by atoms with Crippen LogP contribution in [0.4, 0.5) is 5.95 Å². The Morgan fingerprint density at radius 2 is 2.08 bits per heavy atom. The molecular weight excluding hydrogens is 310 g/mol. The van der Waals surface area contributed by atoms with Gasteiger partial charge in [-0.2, -0.15) is 0 Å². The van der Waals surface area contributed by atoms with Crippen molar-refractivity contribution in [2.24, 2.45) is 0 Å². The molecule has 8 nitrogen and oxygen atoms in total. The summed E-state index contributed by atoms with van der Waals surface area (Å²) in [4.78, 5) is 22.7. The molecule has 0 spiro atoms. The maximum atomic E-state index is 12.2. The molecule has 124 valence electrons. The number of carbonyl (C=O) groups is 1. The summed E-state index contributed by atoms with van der Waals surface area (Å²) in [7, 11) is 3.73. The number of anilines is 1. The Labute approximate surface area is 138 Å². The number of furan rings is 1. The lowest BCUT2D eigenvalue weighted by Gasteiger charge is -2.12. The average molecular weight is 327 g/mol. The van der Waals surface area contributed by atoms with Gasteiger partial charge in [-0.05, 0) is 25.1 Å². The predicted molar refractivity (Wildman–Crippen MR) is 86.5 cm³/mol. The number of carbonyl (C=O) groups excluding carboxylic acids is 1. The molecule has 0 unspecified atom stereocenters. The van der Waals surface area contributed by atoms with E-state index in [0.717, 1.165) is 5.69 Å². The van der Waals surface area contributed by atoms with Crippen LogP contribution in [0.5, 0.6) is 0 Å². The second kappa shape index (κ2) is 6.53. The second-order valence-electron chi connectivity index (χ2n) is 5.43. The fraction of sp³-hybridized carbons (Fsp3) is 0.250. The van der Waals surface area contributed by atoms with Crippen molar-refractivity contribution in [2.45, 2.75) is 13.5 Å². The highest BCUT2D eigenvalue weighted by Gasteiger charge is 2.15. The minimum atomic E-state index is -0.348. The van der Waals surface area contributed by atoms with Gasteiger partial charge in [0, 0.05) is 25.9 Å². The van der Waals surface area contributed by atoms with Crippen molar-refractivity contribution in [1.29, 1.82) is 0 Å². The van der Waals surface area contributed by atoms with Gasteiger partial charge < -0.3 is 19.2 Å². The van der Waals surface area contributed by atoms with Crippen molar-refractivity contribution in [3.05, 3.63) is 47.6 Å². The van der Waals surface area contributed by atoms with E-state index in [4.69, 9.17) is 8.94 Å². The summed E-state index contributed by atoms with van der Waals surface area (Å²) >= 11 is 0.